The number of carboxylic acid groups (broad SMARTS) is 1. The number of aryl methyl sites for hydroxylation is 1. The number of aromatic nitrogens is 2. The first kappa shape index (κ1) is 14.0. The Morgan fingerprint density at radius 1 is 1.33 bits per heavy atom. The van der Waals surface area contributed by atoms with Gasteiger partial charge in [0, 0.05) is 6.20 Å². The van der Waals surface area contributed by atoms with Crippen molar-refractivity contribution in [2.45, 2.75) is 44.9 Å². The molecule has 0 aliphatic heterocycles. The molecule has 21 heavy (non-hydrogen) atoms. The van der Waals surface area contributed by atoms with E-state index in [1.54, 1.807) is 0 Å². The highest BCUT2D eigenvalue weighted by Gasteiger charge is 2.20. The van der Waals surface area contributed by atoms with Crippen molar-refractivity contribution in [3.8, 4) is 0 Å². The van der Waals surface area contributed by atoms with E-state index in [1.807, 2.05) is 0 Å². The normalized spacial score (nSPS) is 16.4. The average molecular weight is 290 g/mol. The van der Waals surface area contributed by atoms with Gasteiger partial charge in [-0.25, -0.2) is 14.2 Å². The first-order valence-corrected chi connectivity index (χ1v) is 7.55. The molecular formula is C16H19FN2O2. The lowest BCUT2D eigenvalue weighted by Crippen LogP contribution is -2.10. The van der Waals surface area contributed by atoms with Crippen molar-refractivity contribution in [2.75, 3.05) is 0 Å². The van der Waals surface area contributed by atoms with Crippen LogP contribution in [-0.2, 0) is 6.42 Å². The summed E-state index contributed by atoms with van der Waals surface area (Å²) in [6.45, 7) is 0. The second-order valence-corrected chi connectivity index (χ2v) is 5.83. The molecule has 0 unspecified atom stereocenters. The van der Waals surface area contributed by atoms with Crippen LogP contribution in [0.5, 0.6) is 0 Å². The van der Waals surface area contributed by atoms with Gasteiger partial charge in [-0.15, -0.1) is 0 Å². The third kappa shape index (κ3) is 2.91. The van der Waals surface area contributed by atoms with E-state index < -0.39 is 11.8 Å². The first-order valence-electron chi connectivity index (χ1n) is 7.55. The van der Waals surface area contributed by atoms with Crippen LogP contribution in [-0.4, -0.2) is 20.5 Å². The van der Waals surface area contributed by atoms with Crippen molar-refractivity contribution in [1.82, 2.24) is 9.38 Å². The van der Waals surface area contributed by atoms with Crippen molar-refractivity contribution >= 4 is 11.6 Å². The molecule has 2 aromatic rings. The number of hydrogen-bond donors (Lipinski definition) is 1. The van der Waals surface area contributed by atoms with Gasteiger partial charge in [-0.1, -0.05) is 32.1 Å². The van der Waals surface area contributed by atoms with Crippen LogP contribution in [0.25, 0.3) is 5.65 Å². The third-order valence-electron chi connectivity index (χ3n) is 4.37. The summed E-state index contributed by atoms with van der Waals surface area (Å²) in [4.78, 5) is 15.9. The molecule has 3 rings (SSSR count). The number of carboxylic acids is 1. The molecule has 0 aromatic carbocycles. The van der Waals surface area contributed by atoms with E-state index in [2.05, 4.69) is 4.98 Å². The van der Waals surface area contributed by atoms with Crippen LogP contribution in [0.2, 0.25) is 0 Å². The third-order valence-corrected chi connectivity index (χ3v) is 4.37. The number of rotatable bonds is 4. The Morgan fingerprint density at radius 2 is 2.10 bits per heavy atom. The van der Waals surface area contributed by atoms with Crippen LogP contribution in [0.1, 0.15) is 54.7 Å². The zero-order valence-corrected chi connectivity index (χ0v) is 11.9. The fraction of sp³-hybridized carbons (Fsp3) is 0.500. The standard InChI is InChI=1S/C16H19FN2O2/c17-12-7-9-14-18-13(15(16(20)21)19(14)10-12)8-6-11-4-2-1-3-5-11/h7,9-11H,1-6,8H2,(H,20,21). The van der Waals surface area contributed by atoms with Crippen molar-refractivity contribution in [1.29, 1.82) is 0 Å². The summed E-state index contributed by atoms with van der Waals surface area (Å²) in [7, 11) is 0. The number of carbonyl (C=O) groups is 1. The van der Waals surface area contributed by atoms with E-state index in [-0.39, 0.29) is 5.69 Å². The van der Waals surface area contributed by atoms with Gasteiger partial charge in [0.05, 0.1) is 5.69 Å². The summed E-state index contributed by atoms with van der Waals surface area (Å²) in [5.74, 6) is -0.838. The van der Waals surface area contributed by atoms with Crippen molar-refractivity contribution in [2.24, 2.45) is 5.92 Å². The van der Waals surface area contributed by atoms with Crippen LogP contribution in [0.3, 0.4) is 0 Å². The van der Waals surface area contributed by atoms with Gasteiger partial charge in [0.2, 0.25) is 0 Å². The molecule has 0 amide bonds. The Kier molecular flexibility index (Phi) is 3.90. The Bertz CT molecular complexity index is 660. The molecule has 1 fully saturated rings. The maximum Gasteiger partial charge on any atom is 0.354 e. The SMILES string of the molecule is O=C(O)c1c(CCC2CCCCC2)nc2ccc(F)cn12. The topological polar surface area (TPSA) is 54.6 Å². The zero-order chi connectivity index (χ0) is 14.8. The zero-order valence-electron chi connectivity index (χ0n) is 11.9. The highest BCUT2D eigenvalue weighted by atomic mass is 19.1. The molecular weight excluding hydrogens is 271 g/mol. The second kappa shape index (κ2) is 5.84. The largest absolute Gasteiger partial charge is 0.477 e. The Morgan fingerprint density at radius 3 is 2.81 bits per heavy atom. The molecule has 1 saturated carbocycles. The van der Waals surface area contributed by atoms with Crippen molar-refractivity contribution < 1.29 is 14.3 Å². The molecule has 0 radical (unpaired) electrons. The van der Waals surface area contributed by atoms with E-state index in [0.29, 0.717) is 23.7 Å². The lowest BCUT2D eigenvalue weighted by atomic mass is 9.85. The molecule has 5 heteroatoms. The van der Waals surface area contributed by atoms with Crippen molar-refractivity contribution in [3.05, 3.63) is 35.5 Å². The molecule has 0 atom stereocenters. The maximum absolute atomic E-state index is 13.3. The van der Waals surface area contributed by atoms with Crippen LogP contribution in [0.4, 0.5) is 4.39 Å². The summed E-state index contributed by atoms with van der Waals surface area (Å²) in [6, 6.07) is 2.82. The Balaban J connectivity index is 1.86. The fourth-order valence-electron chi connectivity index (χ4n) is 3.28. The molecule has 1 aliphatic carbocycles. The summed E-state index contributed by atoms with van der Waals surface area (Å²) in [5, 5.41) is 9.40. The van der Waals surface area contributed by atoms with Gasteiger partial charge in [0.1, 0.15) is 11.5 Å². The second-order valence-electron chi connectivity index (χ2n) is 5.83. The van der Waals surface area contributed by atoms with Crippen LogP contribution in [0, 0.1) is 11.7 Å². The number of imidazole rings is 1. The number of nitrogens with zero attached hydrogens (tertiary/aromatic N) is 2. The van der Waals surface area contributed by atoms with E-state index in [9.17, 15) is 14.3 Å². The number of hydrogen-bond acceptors (Lipinski definition) is 2. The van der Waals surface area contributed by atoms with Crippen LogP contribution < -0.4 is 0 Å². The van der Waals surface area contributed by atoms with E-state index in [1.165, 1.54) is 54.8 Å². The lowest BCUT2D eigenvalue weighted by Gasteiger charge is -2.20. The predicted molar refractivity (Wildman–Crippen MR) is 77.0 cm³/mol. The highest BCUT2D eigenvalue weighted by Crippen LogP contribution is 2.28. The number of fused-ring (bicyclic) bond motifs is 1. The smallest absolute Gasteiger partial charge is 0.354 e. The number of aromatic carboxylic acids is 1. The first-order chi connectivity index (χ1) is 10.1. The van der Waals surface area contributed by atoms with Crippen molar-refractivity contribution in [3.63, 3.8) is 0 Å². The summed E-state index contributed by atoms with van der Waals surface area (Å²) >= 11 is 0. The maximum atomic E-state index is 13.3. The van der Waals surface area contributed by atoms with Crippen LogP contribution in [0.15, 0.2) is 18.3 Å². The van der Waals surface area contributed by atoms with Gasteiger partial charge in [0.25, 0.3) is 0 Å². The molecule has 2 aromatic heterocycles. The molecule has 112 valence electrons. The van der Waals surface area contributed by atoms with Gasteiger partial charge in [-0.05, 0) is 30.9 Å². The Labute approximate surface area is 122 Å². The summed E-state index contributed by atoms with van der Waals surface area (Å²) in [6.07, 6.45) is 9.11. The number of pyridine rings is 1. The molecule has 1 aliphatic rings. The minimum atomic E-state index is -1.05. The minimum absolute atomic E-state index is 0.0975. The molecule has 0 spiro atoms. The molecule has 0 saturated heterocycles. The predicted octanol–water partition coefficient (Wildman–Crippen LogP) is 3.68. The molecule has 2 heterocycles. The lowest BCUT2D eigenvalue weighted by molar-refractivity contribution is 0.0688. The number of halogens is 1. The highest BCUT2D eigenvalue weighted by molar-refractivity contribution is 5.88. The average Bonchev–Trinajstić information content (AvgIpc) is 2.84. The summed E-state index contributed by atoms with van der Waals surface area (Å²) < 4.78 is 14.7. The fourth-order valence-corrected chi connectivity index (χ4v) is 3.28. The summed E-state index contributed by atoms with van der Waals surface area (Å²) in [5.41, 5.74) is 1.16. The van der Waals surface area contributed by atoms with Gasteiger partial charge in [-0.2, -0.15) is 0 Å². The van der Waals surface area contributed by atoms with Gasteiger partial charge in [-0.3, -0.25) is 4.40 Å². The molecule has 0 bridgehead atoms. The van der Waals surface area contributed by atoms with Crippen LogP contribution >= 0.6 is 0 Å². The quantitative estimate of drug-likeness (QED) is 0.934. The minimum Gasteiger partial charge on any atom is -0.477 e. The van der Waals surface area contributed by atoms with Gasteiger partial charge in [0.15, 0.2) is 5.69 Å². The van der Waals surface area contributed by atoms with Gasteiger partial charge < -0.3 is 5.11 Å². The Hall–Kier alpha value is -1.91. The molecule has 4 nitrogen and oxygen atoms in total. The monoisotopic (exact) mass is 290 g/mol. The van der Waals surface area contributed by atoms with Gasteiger partial charge >= 0.3 is 5.97 Å². The van der Waals surface area contributed by atoms with E-state index in [4.69, 9.17) is 0 Å². The van der Waals surface area contributed by atoms with E-state index >= 15 is 0 Å². The van der Waals surface area contributed by atoms with E-state index in [0.717, 1.165) is 6.42 Å². The molecule has 1 N–H and O–H groups in total.